The molecule has 0 fully saturated rings. The van der Waals surface area contributed by atoms with Crippen LogP contribution in [0.3, 0.4) is 0 Å². The minimum absolute atomic E-state index is 0.102. The van der Waals surface area contributed by atoms with Crippen LogP contribution < -0.4 is 15.6 Å². The van der Waals surface area contributed by atoms with Crippen molar-refractivity contribution in [3.8, 4) is 5.75 Å². The fourth-order valence-corrected chi connectivity index (χ4v) is 4.50. The maximum atomic E-state index is 12.9. The van der Waals surface area contributed by atoms with Gasteiger partial charge in [0, 0.05) is 25.1 Å². The molecule has 1 aliphatic heterocycles. The molecule has 2 aromatic carbocycles. The zero-order chi connectivity index (χ0) is 21.8. The Hall–Kier alpha value is -3.06. The van der Waals surface area contributed by atoms with Crippen LogP contribution in [0.25, 0.3) is 0 Å². The van der Waals surface area contributed by atoms with E-state index in [1.165, 1.54) is 11.8 Å². The summed E-state index contributed by atoms with van der Waals surface area (Å²) in [6, 6.07) is 17.6. The standard InChI is InChI=1S/C24H25N3O3S/c1-3-13-31-24-26-23(29)21-19(14-20(28)25-22(21)27(24)2)17-9-11-18(12-10-17)30-15-16-7-5-4-6-8-16/h4-12,19H,3,13-15H2,1-2H3,(H,25,28). The van der Waals surface area contributed by atoms with E-state index in [1.807, 2.05) is 66.2 Å². The molecule has 1 N–H and O–H groups in total. The number of nitrogens with zero attached hydrogens (tertiary/aromatic N) is 2. The highest BCUT2D eigenvalue weighted by Gasteiger charge is 2.32. The van der Waals surface area contributed by atoms with Crippen LogP contribution in [0, 0.1) is 0 Å². The number of amides is 1. The van der Waals surface area contributed by atoms with E-state index in [1.54, 1.807) is 0 Å². The monoisotopic (exact) mass is 435 g/mol. The lowest BCUT2D eigenvalue weighted by Crippen LogP contribution is -2.33. The summed E-state index contributed by atoms with van der Waals surface area (Å²) in [4.78, 5) is 29.6. The maximum absolute atomic E-state index is 12.9. The SMILES string of the molecule is CCCSc1nc(=O)c2c(n1C)NC(=O)CC2c1ccc(OCc2ccccc2)cc1. The Labute approximate surface area is 185 Å². The number of ether oxygens (including phenoxy) is 1. The van der Waals surface area contributed by atoms with E-state index in [2.05, 4.69) is 17.2 Å². The Balaban J connectivity index is 1.60. The Morgan fingerprint density at radius 2 is 1.87 bits per heavy atom. The molecule has 4 rings (SSSR count). The zero-order valence-electron chi connectivity index (χ0n) is 17.6. The number of hydrogen-bond donors (Lipinski definition) is 1. The molecule has 0 aliphatic carbocycles. The first kappa shape index (κ1) is 21.2. The average molecular weight is 436 g/mol. The molecule has 1 atom stereocenters. The number of benzene rings is 2. The van der Waals surface area contributed by atoms with Crippen LogP contribution in [0.5, 0.6) is 5.75 Å². The second kappa shape index (κ2) is 9.39. The number of anilines is 1. The summed E-state index contributed by atoms with van der Waals surface area (Å²) in [5.41, 5.74) is 2.26. The Bertz CT molecular complexity index is 1130. The van der Waals surface area contributed by atoms with Crippen molar-refractivity contribution >= 4 is 23.5 Å². The van der Waals surface area contributed by atoms with Crippen LogP contribution in [-0.4, -0.2) is 21.2 Å². The van der Waals surface area contributed by atoms with Crippen LogP contribution in [0.4, 0.5) is 5.82 Å². The molecule has 0 bridgehead atoms. The van der Waals surface area contributed by atoms with Gasteiger partial charge in [-0.1, -0.05) is 61.2 Å². The van der Waals surface area contributed by atoms with Gasteiger partial charge in [-0.15, -0.1) is 0 Å². The molecule has 31 heavy (non-hydrogen) atoms. The van der Waals surface area contributed by atoms with Gasteiger partial charge in [-0.25, -0.2) is 0 Å². The highest BCUT2D eigenvalue weighted by Crippen LogP contribution is 2.36. The third kappa shape index (κ3) is 4.66. The van der Waals surface area contributed by atoms with E-state index in [4.69, 9.17) is 4.74 Å². The number of fused-ring (bicyclic) bond motifs is 1. The molecule has 1 aromatic heterocycles. The molecule has 1 aliphatic rings. The van der Waals surface area contributed by atoms with E-state index in [0.29, 0.717) is 23.1 Å². The fraction of sp³-hybridized carbons (Fsp3) is 0.292. The molecule has 0 spiro atoms. The molecular weight excluding hydrogens is 410 g/mol. The lowest BCUT2D eigenvalue weighted by molar-refractivity contribution is -0.116. The van der Waals surface area contributed by atoms with Crippen LogP contribution in [0.15, 0.2) is 64.5 Å². The first-order valence-electron chi connectivity index (χ1n) is 10.4. The predicted octanol–water partition coefficient (Wildman–Crippen LogP) is 4.34. The lowest BCUT2D eigenvalue weighted by atomic mass is 9.87. The van der Waals surface area contributed by atoms with Crippen molar-refractivity contribution in [2.24, 2.45) is 7.05 Å². The Kier molecular flexibility index (Phi) is 6.42. The predicted molar refractivity (Wildman–Crippen MR) is 123 cm³/mol. The minimum Gasteiger partial charge on any atom is -0.489 e. The van der Waals surface area contributed by atoms with Crippen LogP contribution >= 0.6 is 11.8 Å². The molecule has 3 aromatic rings. The average Bonchev–Trinajstić information content (AvgIpc) is 2.79. The second-order valence-electron chi connectivity index (χ2n) is 7.52. The van der Waals surface area contributed by atoms with Crippen LogP contribution in [0.1, 0.15) is 42.4 Å². The van der Waals surface area contributed by atoms with Gasteiger partial charge in [-0.05, 0) is 29.7 Å². The van der Waals surface area contributed by atoms with Gasteiger partial charge in [0.1, 0.15) is 18.2 Å². The smallest absolute Gasteiger partial charge is 0.279 e. The van der Waals surface area contributed by atoms with E-state index in [0.717, 1.165) is 29.1 Å². The zero-order valence-corrected chi connectivity index (χ0v) is 18.4. The number of nitrogens with one attached hydrogen (secondary N) is 1. The first-order chi connectivity index (χ1) is 15.1. The van der Waals surface area contributed by atoms with Crippen molar-refractivity contribution in [1.29, 1.82) is 0 Å². The number of carbonyl (C=O) groups is 1. The van der Waals surface area contributed by atoms with Crippen LogP contribution in [-0.2, 0) is 18.4 Å². The van der Waals surface area contributed by atoms with Crippen molar-refractivity contribution in [1.82, 2.24) is 9.55 Å². The lowest BCUT2D eigenvalue weighted by Gasteiger charge is -2.27. The van der Waals surface area contributed by atoms with Gasteiger partial charge >= 0.3 is 0 Å². The van der Waals surface area contributed by atoms with Gasteiger partial charge in [-0.2, -0.15) is 4.98 Å². The fourth-order valence-electron chi connectivity index (χ4n) is 3.68. The summed E-state index contributed by atoms with van der Waals surface area (Å²) >= 11 is 1.52. The summed E-state index contributed by atoms with van der Waals surface area (Å²) in [7, 11) is 1.84. The summed E-state index contributed by atoms with van der Waals surface area (Å²) in [5, 5.41) is 3.50. The number of thioether (sulfide) groups is 1. The van der Waals surface area contributed by atoms with E-state index >= 15 is 0 Å². The van der Waals surface area contributed by atoms with Crippen molar-refractivity contribution in [3.05, 3.63) is 81.6 Å². The third-order valence-corrected chi connectivity index (χ3v) is 6.50. The highest BCUT2D eigenvalue weighted by atomic mass is 32.2. The summed E-state index contributed by atoms with van der Waals surface area (Å²) < 4.78 is 7.68. The Morgan fingerprint density at radius 3 is 2.58 bits per heavy atom. The van der Waals surface area contributed by atoms with E-state index in [-0.39, 0.29) is 23.8 Å². The van der Waals surface area contributed by atoms with Gasteiger partial charge in [0.2, 0.25) is 5.91 Å². The maximum Gasteiger partial charge on any atom is 0.279 e. The van der Waals surface area contributed by atoms with Crippen molar-refractivity contribution < 1.29 is 9.53 Å². The quantitative estimate of drug-likeness (QED) is 0.442. The molecular formula is C24H25N3O3S. The van der Waals surface area contributed by atoms with Gasteiger partial charge in [0.05, 0.1) is 5.56 Å². The molecule has 6 nitrogen and oxygen atoms in total. The normalized spacial score (nSPS) is 15.3. The minimum atomic E-state index is -0.330. The van der Waals surface area contributed by atoms with Crippen LogP contribution in [0.2, 0.25) is 0 Å². The molecule has 2 heterocycles. The number of carbonyl (C=O) groups excluding carboxylic acids is 1. The number of rotatable bonds is 7. The van der Waals surface area contributed by atoms with E-state index in [9.17, 15) is 9.59 Å². The van der Waals surface area contributed by atoms with Gasteiger partial charge in [-0.3, -0.25) is 9.59 Å². The molecule has 0 saturated carbocycles. The molecule has 0 radical (unpaired) electrons. The number of hydrogen-bond acceptors (Lipinski definition) is 5. The van der Waals surface area contributed by atoms with Crippen molar-refractivity contribution in [2.75, 3.05) is 11.1 Å². The van der Waals surface area contributed by atoms with Crippen molar-refractivity contribution in [3.63, 3.8) is 0 Å². The summed E-state index contributed by atoms with van der Waals surface area (Å²) in [5.74, 6) is 1.72. The van der Waals surface area contributed by atoms with Gasteiger partial charge in [0.25, 0.3) is 5.56 Å². The number of aromatic nitrogens is 2. The third-order valence-electron chi connectivity index (χ3n) is 5.27. The highest BCUT2D eigenvalue weighted by molar-refractivity contribution is 7.99. The van der Waals surface area contributed by atoms with Crippen molar-refractivity contribution in [2.45, 2.75) is 37.4 Å². The summed E-state index contributed by atoms with van der Waals surface area (Å²) in [6.07, 6.45) is 1.20. The molecule has 1 amide bonds. The van der Waals surface area contributed by atoms with Gasteiger partial charge < -0.3 is 14.6 Å². The molecule has 7 heteroatoms. The molecule has 0 saturated heterocycles. The second-order valence-corrected chi connectivity index (χ2v) is 8.58. The summed E-state index contributed by atoms with van der Waals surface area (Å²) in [6.45, 7) is 2.56. The first-order valence-corrected chi connectivity index (χ1v) is 11.4. The largest absolute Gasteiger partial charge is 0.489 e. The molecule has 160 valence electrons. The molecule has 1 unspecified atom stereocenters. The topological polar surface area (TPSA) is 73.2 Å². The Morgan fingerprint density at radius 1 is 1.13 bits per heavy atom. The van der Waals surface area contributed by atoms with E-state index < -0.39 is 0 Å². The van der Waals surface area contributed by atoms with Gasteiger partial charge in [0.15, 0.2) is 5.16 Å².